The average molecular weight is 457 g/mol. The van der Waals surface area contributed by atoms with E-state index in [-0.39, 0.29) is 17.3 Å². The quantitative estimate of drug-likeness (QED) is 0.508. The molecule has 2 aromatic heterocycles. The maximum Gasteiger partial charge on any atom is 0.318 e. The number of benzene rings is 1. The molecule has 1 unspecified atom stereocenters. The van der Waals surface area contributed by atoms with Gasteiger partial charge in [0.15, 0.2) is 5.82 Å². The van der Waals surface area contributed by atoms with Gasteiger partial charge in [0, 0.05) is 42.5 Å². The molecule has 1 saturated heterocycles. The minimum Gasteiger partial charge on any atom is -0.377 e. The lowest BCUT2D eigenvalue weighted by atomic mass is 10.1. The number of rotatable bonds is 5. The van der Waals surface area contributed by atoms with Crippen molar-refractivity contribution in [3.05, 3.63) is 52.6 Å². The lowest BCUT2D eigenvalue weighted by Gasteiger charge is -2.34. The second-order valence-corrected chi connectivity index (χ2v) is 8.59. The Balaban J connectivity index is 1.71. The van der Waals surface area contributed by atoms with E-state index in [1.165, 1.54) is 0 Å². The van der Waals surface area contributed by atoms with Gasteiger partial charge in [0.05, 0.1) is 30.2 Å². The van der Waals surface area contributed by atoms with E-state index in [2.05, 4.69) is 27.4 Å². The van der Waals surface area contributed by atoms with Crippen LogP contribution in [0.25, 0.3) is 11.4 Å². The van der Waals surface area contributed by atoms with Gasteiger partial charge in [-0.3, -0.25) is 0 Å². The lowest BCUT2D eigenvalue weighted by molar-refractivity contribution is 0.0985. The topological polar surface area (TPSA) is 92.3 Å². The SMILES string of the molecule is CNC(=O)Nc1ccc(-c2nc(C(S)c3nccs3)cc(N3CCOC[C@@H]3C)n2)cc1. The number of thiazole rings is 1. The number of carbonyl (C=O) groups is 1. The molecule has 1 aromatic carbocycles. The number of amides is 2. The Morgan fingerprint density at radius 3 is 2.81 bits per heavy atom. The second-order valence-electron chi connectivity index (χ2n) is 7.15. The molecule has 31 heavy (non-hydrogen) atoms. The van der Waals surface area contributed by atoms with Crippen LogP contribution in [-0.2, 0) is 4.74 Å². The van der Waals surface area contributed by atoms with Gasteiger partial charge in [-0.2, -0.15) is 12.6 Å². The van der Waals surface area contributed by atoms with Crippen LogP contribution in [0.5, 0.6) is 0 Å². The third kappa shape index (κ3) is 4.97. The van der Waals surface area contributed by atoms with Crippen LogP contribution < -0.4 is 15.5 Å². The summed E-state index contributed by atoms with van der Waals surface area (Å²) in [6.45, 7) is 4.21. The van der Waals surface area contributed by atoms with Crippen molar-refractivity contribution in [2.24, 2.45) is 0 Å². The normalized spacial score (nSPS) is 17.3. The van der Waals surface area contributed by atoms with Crippen molar-refractivity contribution in [1.82, 2.24) is 20.3 Å². The highest BCUT2D eigenvalue weighted by atomic mass is 32.1. The Kier molecular flexibility index (Phi) is 6.69. The zero-order valence-corrected chi connectivity index (χ0v) is 19.0. The van der Waals surface area contributed by atoms with Crippen LogP contribution in [0.1, 0.15) is 22.9 Å². The predicted octanol–water partition coefficient (Wildman–Crippen LogP) is 3.60. The van der Waals surface area contributed by atoms with Gasteiger partial charge >= 0.3 is 6.03 Å². The second kappa shape index (κ2) is 9.63. The fourth-order valence-electron chi connectivity index (χ4n) is 3.33. The molecule has 1 aliphatic rings. The molecule has 0 bridgehead atoms. The van der Waals surface area contributed by atoms with Crippen molar-refractivity contribution in [2.75, 3.05) is 37.0 Å². The summed E-state index contributed by atoms with van der Waals surface area (Å²) in [4.78, 5) is 27.8. The van der Waals surface area contributed by atoms with Crippen molar-refractivity contribution in [3.8, 4) is 11.4 Å². The number of anilines is 2. The number of nitrogens with one attached hydrogen (secondary N) is 2. The molecule has 3 heterocycles. The molecule has 1 fully saturated rings. The molecule has 0 saturated carbocycles. The maximum atomic E-state index is 11.5. The van der Waals surface area contributed by atoms with Crippen LogP contribution in [0.4, 0.5) is 16.3 Å². The number of hydrogen-bond acceptors (Lipinski definition) is 8. The number of ether oxygens (including phenoxy) is 1. The molecular weight excluding hydrogens is 432 g/mol. The van der Waals surface area contributed by atoms with E-state index < -0.39 is 0 Å². The third-order valence-corrected chi connectivity index (χ3v) is 6.51. The number of aromatic nitrogens is 3. The summed E-state index contributed by atoms with van der Waals surface area (Å²) in [5, 5.41) is 7.87. The first-order valence-electron chi connectivity index (χ1n) is 9.95. The zero-order chi connectivity index (χ0) is 21.8. The molecule has 162 valence electrons. The van der Waals surface area contributed by atoms with Gasteiger partial charge in [-0.15, -0.1) is 11.3 Å². The number of urea groups is 1. The summed E-state index contributed by atoms with van der Waals surface area (Å²) in [6.07, 6.45) is 1.77. The van der Waals surface area contributed by atoms with E-state index in [0.29, 0.717) is 24.7 Å². The molecule has 0 radical (unpaired) electrons. The first kappa shape index (κ1) is 21.5. The van der Waals surface area contributed by atoms with Gasteiger partial charge < -0.3 is 20.3 Å². The van der Waals surface area contributed by atoms with E-state index in [9.17, 15) is 4.79 Å². The van der Waals surface area contributed by atoms with Gasteiger partial charge in [0.25, 0.3) is 0 Å². The van der Waals surface area contributed by atoms with E-state index in [1.54, 1.807) is 24.6 Å². The summed E-state index contributed by atoms with van der Waals surface area (Å²) in [6, 6.07) is 9.39. The minimum absolute atomic E-state index is 0.210. The van der Waals surface area contributed by atoms with Crippen molar-refractivity contribution in [3.63, 3.8) is 0 Å². The molecule has 8 nitrogen and oxygen atoms in total. The Labute approximate surface area is 190 Å². The third-order valence-electron chi connectivity index (χ3n) is 4.99. The lowest BCUT2D eigenvalue weighted by Crippen LogP contribution is -2.44. The van der Waals surface area contributed by atoms with Crippen LogP contribution in [0.2, 0.25) is 0 Å². The number of carbonyl (C=O) groups excluding carboxylic acids is 1. The highest BCUT2D eigenvalue weighted by molar-refractivity contribution is 7.80. The summed E-state index contributed by atoms with van der Waals surface area (Å²) >= 11 is 6.34. The summed E-state index contributed by atoms with van der Waals surface area (Å²) in [5.41, 5.74) is 2.34. The summed E-state index contributed by atoms with van der Waals surface area (Å²) < 4.78 is 5.59. The van der Waals surface area contributed by atoms with E-state index in [1.807, 2.05) is 35.7 Å². The fraction of sp³-hybridized carbons (Fsp3) is 0.333. The monoisotopic (exact) mass is 456 g/mol. The number of nitrogens with zero attached hydrogens (tertiary/aromatic N) is 4. The molecule has 2 amide bonds. The number of thiol groups is 1. The van der Waals surface area contributed by atoms with Gasteiger partial charge in [0.2, 0.25) is 0 Å². The Morgan fingerprint density at radius 2 is 2.13 bits per heavy atom. The Bertz CT molecular complexity index is 1030. The van der Waals surface area contributed by atoms with Gasteiger partial charge in [-0.05, 0) is 31.2 Å². The molecule has 0 aliphatic carbocycles. The number of hydrogen-bond donors (Lipinski definition) is 3. The minimum atomic E-state index is -0.268. The highest BCUT2D eigenvalue weighted by Crippen LogP contribution is 2.32. The van der Waals surface area contributed by atoms with Crippen LogP contribution >= 0.6 is 24.0 Å². The van der Waals surface area contributed by atoms with Crippen molar-refractivity contribution < 1.29 is 9.53 Å². The standard InChI is InChI=1S/C21H24N6O2S2/c1-13-12-29-9-8-27(13)17-11-16(18(30)20-23-7-10-31-20)25-19(26-17)14-3-5-15(6-4-14)24-21(28)22-2/h3-7,10-11,13,18,30H,8-9,12H2,1-2H3,(H2,22,24,28)/t13-,18?/m0/s1. The van der Waals surface area contributed by atoms with E-state index in [4.69, 9.17) is 27.3 Å². The first-order valence-corrected chi connectivity index (χ1v) is 11.3. The van der Waals surface area contributed by atoms with Gasteiger partial charge in [-0.1, -0.05) is 0 Å². The predicted molar refractivity (Wildman–Crippen MR) is 126 cm³/mol. The van der Waals surface area contributed by atoms with E-state index >= 15 is 0 Å². The molecule has 2 atom stereocenters. The van der Waals surface area contributed by atoms with Crippen molar-refractivity contribution in [1.29, 1.82) is 0 Å². The Morgan fingerprint density at radius 1 is 1.32 bits per heavy atom. The summed E-state index contributed by atoms with van der Waals surface area (Å²) in [7, 11) is 1.58. The largest absolute Gasteiger partial charge is 0.377 e. The molecule has 0 spiro atoms. The molecular formula is C21H24N6O2S2. The van der Waals surface area contributed by atoms with Gasteiger partial charge in [-0.25, -0.2) is 19.7 Å². The molecule has 4 rings (SSSR count). The number of morpholine rings is 1. The molecule has 2 N–H and O–H groups in total. The summed E-state index contributed by atoms with van der Waals surface area (Å²) in [5.74, 6) is 1.45. The highest BCUT2D eigenvalue weighted by Gasteiger charge is 2.24. The Hall–Kier alpha value is -2.69. The maximum absolute atomic E-state index is 11.5. The van der Waals surface area contributed by atoms with Crippen molar-refractivity contribution >= 4 is 41.5 Å². The molecule has 10 heteroatoms. The molecule has 3 aromatic rings. The fourth-order valence-corrected chi connectivity index (χ4v) is 4.34. The van der Waals surface area contributed by atoms with Crippen LogP contribution in [0.15, 0.2) is 41.9 Å². The zero-order valence-electron chi connectivity index (χ0n) is 17.3. The van der Waals surface area contributed by atoms with Gasteiger partial charge in [0.1, 0.15) is 10.8 Å². The first-order chi connectivity index (χ1) is 15.0. The van der Waals surface area contributed by atoms with Crippen LogP contribution in [0.3, 0.4) is 0 Å². The van der Waals surface area contributed by atoms with Crippen LogP contribution in [-0.4, -0.2) is 53.8 Å². The van der Waals surface area contributed by atoms with E-state index in [0.717, 1.165) is 28.6 Å². The van der Waals surface area contributed by atoms with Crippen molar-refractivity contribution in [2.45, 2.75) is 18.2 Å². The smallest absolute Gasteiger partial charge is 0.318 e. The van der Waals surface area contributed by atoms with Crippen LogP contribution in [0, 0.1) is 0 Å². The molecule has 1 aliphatic heterocycles. The average Bonchev–Trinajstić information content (AvgIpc) is 3.34.